The number of fused-ring (bicyclic) bond motifs is 2. The third-order valence-electron chi connectivity index (χ3n) is 13.4. The van der Waals surface area contributed by atoms with Gasteiger partial charge in [-0.05, 0) is 86.7 Å². The number of carbonyl (C=O) groups is 3. The summed E-state index contributed by atoms with van der Waals surface area (Å²) in [4.78, 5) is 59.9. The fraction of sp³-hybridized carbons (Fsp3) is 0.511. The number of hydrogen-bond acceptors (Lipinski definition) is 8. The van der Waals surface area contributed by atoms with E-state index in [0.717, 1.165) is 85.1 Å². The molecule has 1 aromatic heterocycles. The zero-order chi connectivity index (χ0) is 42.0. The van der Waals surface area contributed by atoms with E-state index in [4.69, 9.17) is 4.74 Å². The summed E-state index contributed by atoms with van der Waals surface area (Å²) in [5.41, 5.74) is 3.87. The van der Waals surface area contributed by atoms with Gasteiger partial charge in [0.25, 0.3) is 5.91 Å². The molecular weight excluding hydrogens is 773 g/mol. The summed E-state index contributed by atoms with van der Waals surface area (Å²) in [5, 5.41) is 19.1. The molecular formula is C47H60N6O6Si. The van der Waals surface area contributed by atoms with Gasteiger partial charge in [-0.2, -0.15) is 0 Å². The molecule has 13 heteroatoms. The van der Waals surface area contributed by atoms with E-state index in [1.54, 1.807) is 4.68 Å². The fourth-order valence-electron chi connectivity index (χ4n) is 10.4. The molecule has 2 N–H and O–H groups in total. The maximum absolute atomic E-state index is 15.5. The summed E-state index contributed by atoms with van der Waals surface area (Å²) in [6.07, 6.45) is 10.8. The lowest BCUT2D eigenvalue weighted by Crippen LogP contribution is -2.46. The Kier molecular flexibility index (Phi) is 12.4. The van der Waals surface area contributed by atoms with Crippen molar-refractivity contribution < 1.29 is 29.0 Å². The Morgan fingerprint density at radius 2 is 1.50 bits per heavy atom. The number of carbonyl (C=O) groups excluding carboxylic acids is 3. The lowest BCUT2D eigenvalue weighted by molar-refractivity contribution is -0.146. The summed E-state index contributed by atoms with van der Waals surface area (Å²) < 4.78 is 8.99. The van der Waals surface area contributed by atoms with Crippen LogP contribution < -0.4 is 14.7 Å². The number of aliphatic hydroxyl groups is 1. The number of amides is 3. The van der Waals surface area contributed by atoms with Crippen molar-refractivity contribution in [3.63, 3.8) is 0 Å². The van der Waals surface area contributed by atoms with Crippen LogP contribution in [0.3, 0.4) is 0 Å². The van der Waals surface area contributed by atoms with Crippen molar-refractivity contribution in [1.82, 2.24) is 15.0 Å². The topological polar surface area (TPSA) is 141 Å². The molecule has 3 amide bonds. The monoisotopic (exact) mass is 832 g/mol. The molecule has 5 heterocycles. The quantitative estimate of drug-likeness (QED) is 0.149. The minimum absolute atomic E-state index is 0.0865. The van der Waals surface area contributed by atoms with Gasteiger partial charge in [0.1, 0.15) is 0 Å². The highest BCUT2D eigenvalue weighted by Crippen LogP contribution is 2.60. The normalized spacial score (nSPS) is 24.6. The second-order valence-corrected chi connectivity index (χ2v) is 21.9. The Morgan fingerprint density at radius 3 is 2.17 bits per heavy atom. The SMILES string of the molecule is C[C@H]1[C@H]([Si](C)(C)O)[C@@H](CCn2cc(C(CO)c3ccccc3)nn2)O[C@]12C(=O)N(Cc1cccc(N3CCCCCCC3=O)c1)c1ccc(N3CCCCCCC3=O)cc12. The van der Waals surface area contributed by atoms with Gasteiger partial charge in [0.05, 0.1) is 36.6 Å². The van der Waals surface area contributed by atoms with E-state index in [1.807, 2.05) is 114 Å². The molecule has 60 heavy (non-hydrogen) atoms. The predicted molar refractivity (Wildman–Crippen MR) is 234 cm³/mol. The zero-order valence-electron chi connectivity index (χ0n) is 35.3. The maximum atomic E-state index is 15.5. The van der Waals surface area contributed by atoms with Crippen LogP contribution in [0.25, 0.3) is 0 Å². The van der Waals surface area contributed by atoms with Crippen LogP contribution in [-0.4, -0.2) is 76.7 Å². The lowest BCUT2D eigenvalue weighted by Gasteiger charge is -2.33. The van der Waals surface area contributed by atoms with Crippen molar-refractivity contribution in [2.24, 2.45) is 5.92 Å². The molecule has 4 aliphatic heterocycles. The smallest absolute Gasteiger partial charge is 0.264 e. The molecule has 8 rings (SSSR count). The average molecular weight is 833 g/mol. The molecule has 4 aromatic rings. The first-order valence-electron chi connectivity index (χ1n) is 22.1. The first-order chi connectivity index (χ1) is 29.0. The van der Waals surface area contributed by atoms with E-state index in [9.17, 15) is 19.5 Å². The van der Waals surface area contributed by atoms with E-state index in [2.05, 4.69) is 10.3 Å². The Labute approximate surface area is 354 Å². The van der Waals surface area contributed by atoms with Crippen LogP contribution in [0, 0.1) is 5.92 Å². The third kappa shape index (κ3) is 8.21. The van der Waals surface area contributed by atoms with Gasteiger partial charge in [-0.3, -0.25) is 19.1 Å². The van der Waals surface area contributed by atoms with Gasteiger partial charge < -0.3 is 29.3 Å². The highest BCUT2D eigenvalue weighted by atomic mass is 28.4. The first-order valence-corrected chi connectivity index (χ1v) is 25.1. The van der Waals surface area contributed by atoms with E-state index >= 15 is 4.79 Å². The van der Waals surface area contributed by atoms with Crippen molar-refractivity contribution in [3.05, 3.63) is 101 Å². The van der Waals surface area contributed by atoms with Crippen molar-refractivity contribution in [2.45, 2.75) is 127 Å². The molecule has 5 atom stereocenters. The molecule has 1 spiro atoms. The molecule has 3 aromatic carbocycles. The highest BCUT2D eigenvalue weighted by molar-refractivity contribution is 6.71. The summed E-state index contributed by atoms with van der Waals surface area (Å²) in [5.74, 6) is -0.672. The van der Waals surface area contributed by atoms with Crippen LogP contribution in [0.4, 0.5) is 17.1 Å². The Hall–Kier alpha value is -4.69. The van der Waals surface area contributed by atoms with Gasteiger partial charge in [0.2, 0.25) is 11.8 Å². The van der Waals surface area contributed by atoms with E-state index in [1.165, 1.54) is 0 Å². The number of benzene rings is 3. The molecule has 0 aliphatic carbocycles. The summed E-state index contributed by atoms with van der Waals surface area (Å²) in [6, 6.07) is 23.7. The predicted octanol–water partition coefficient (Wildman–Crippen LogP) is 7.43. The number of aryl methyl sites for hydroxylation is 1. The summed E-state index contributed by atoms with van der Waals surface area (Å²) in [6.45, 7) is 7.78. The van der Waals surface area contributed by atoms with Gasteiger partial charge in [-0.15, -0.1) is 5.10 Å². The van der Waals surface area contributed by atoms with Crippen LogP contribution in [0.2, 0.25) is 18.6 Å². The van der Waals surface area contributed by atoms with E-state index in [-0.39, 0.29) is 42.3 Å². The molecule has 0 bridgehead atoms. The average Bonchev–Trinajstić information content (AvgIpc) is 3.88. The van der Waals surface area contributed by atoms with Gasteiger partial charge in [0.15, 0.2) is 13.9 Å². The van der Waals surface area contributed by atoms with Gasteiger partial charge >= 0.3 is 0 Å². The molecule has 1 unspecified atom stereocenters. The number of ether oxygens (including phenoxy) is 1. The molecule has 0 saturated carbocycles. The molecule has 3 saturated heterocycles. The molecule has 0 radical (unpaired) electrons. The van der Waals surface area contributed by atoms with Gasteiger partial charge in [0, 0.05) is 67.1 Å². The molecule has 318 valence electrons. The lowest BCUT2D eigenvalue weighted by atomic mass is 9.82. The third-order valence-corrected chi connectivity index (χ3v) is 15.9. The van der Waals surface area contributed by atoms with Crippen LogP contribution in [0.1, 0.15) is 106 Å². The van der Waals surface area contributed by atoms with E-state index in [0.29, 0.717) is 44.6 Å². The standard InChI is InChI=1S/C47H60N6O6Si/c1-33-45(60(2,3)58)42(24-27-50-31-40(48-49-50)38(32-54)35-17-9-8-10-18-35)59-47(33)39-29-37(52-26-14-7-5-12-21-44(52)56)22-23-41(39)53(46(47)57)30-34-16-15-19-36(28-34)51-25-13-6-4-11-20-43(51)55/h8-10,15-19,22-23,28-29,31,33,38,42,45,54,58H,4-7,11-14,20-21,24-27,30,32H2,1-3H3/t33-,38?,42+,45-,47+/m0/s1. The number of aliphatic hydroxyl groups excluding tert-OH is 1. The number of rotatable bonds is 11. The number of nitrogens with zero attached hydrogens (tertiary/aromatic N) is 6. The van der Waals surface area contributed by atoms with Crippen molar-refractivity contribution in [2.75, 3.05) is 34.4 Å². The second kappa shape index (κ2) is 17.7. The molecule has 12 nitrogen and oxygen atoms in total. The highest BCUT2D eigenvalue weighted by Gasteiger charge is 2.66. The minimum Gasteiger partial charge on any atom is -0.432 e. The molecule has 4 aliphatic rings. The molecule has 3 fully saturated rings. The van der Waals surface area contributed by atoms with Crippen molar-refractivity contribution >= 4 is 43.1 Å². The van der Waals surface area contributed by atoms with Crippen LogP contribution >= 0.6 is 0 Å². The van der Waals surface area contributed by atoms with Gasteiger partial charge in [-0.25, -0.2) is 0 Å². The van der Waals surface area contributed by atoms with Crippen LogP contribution in [0.15, 0.2) is 79.0 Å². The minimum atomic E-state index is -2.98. The maximum Gasteiger partial charge on any atom is 0.264 e. The first kappa shape index (κ1) is 42.0. The van der Waals surface area contributed by atoms with Crippen LogP contribution in [-0.2, 0) is 37.8 Å². The number of aromatic nitrogens is 3. The Morgan fingerprint density at radius 1 is 0.833 bits per heavy atom. The summed E-state index contributed by atoms with van der Waals surface area (Å²) >= 11 is 0. The Bertz CT molecular complexity index is 2170. The van der Waals surface area contributed by atoms with E-state index < -0.39 is 25.9 Å². The van der Waals surface area contributed by atoms with Crippen molar-refractivity contribution in [3.8, 4) is 0 Å². The largest absolute Gasteiger partial charge is 0.432 e. The number of hydrogen-bond donors (Lipinski definition) is 2. The fourth-order valence-corrected chi connectivity index (χ4v) is 13.0. The Balaban J connectivity index is 1.14. The second-order valence-electron chi connectivity index (χ2n) is 17.9. The zero-order valence-corrected chi connectivity index (χ0v) is 36.3. The number of anilines is 3. The van der Waals surface area contributed by atoms with Crippen molar-refractivity contribution in [1.29, 1.82) is 0 Å². The summed E-state index contributed by atoms with van der Waals surface area (Å²) in [7, 11) is -2.98. The van der Waals surface area contributed by atoms with Crippen LogP contribution in [0.5, 0.6) is 0 Å². The van der Waals surface area contributed by atoms with Gasteiger partial charge in [-0.1, -0.05) is 80.3 Å².